The highest BCUT2D eigenvalue weighted by atomic mass is 31.2. The fourth-order valence-electron chi connectivity index (χ4n) is 9.42. The molecule has 10 heteroatoms. The molecule has 0 aliphatic heterocycles. The molecule has 2 atom stereocenters. The van der Waals surface area contributed by atoms with Crippen LogP contribution in [0.3, 0.4) is 0 Å². The Morgan fingerprint density at radius 2 is 0.587 bits per heavy atom. The van der Waals surface area contributed by atoms with Crippen molar-refractivity contribution in [2.45, 2.75) is 277 Å². The van der Waals surface area contributed by atoms with Crippen LogP contribution in [0.1, 0.15) is 271 Å². The minimum Gasteiger partial charge on any atom is -0.462 e. The molecule has 2 unspecified atom stereocenters. The Kier molecular flexibility index (Phi) is 66.7. The molecule has 0 amide bonds. The average molecular weight is 1290 g/mol. The van der Waals surface area contributed by atoms with E-state index < -0.39 is 26.5 Å². The van der Waals surface area contributed by atoms with Crippen molar-refractivity contribution in [3.63, 3.8) is 0 Å². The zero-order valence-electron chi connectivity index (χ0n) is 59.2. The summed E-state index contributed by atoms with van der Waals surface area (Å²) in [6.45, 7) is 4.17. The van der Waals surface area contributed by atoms with Crippen LogP contribution in [0.2, 0.25) is 0 Å². The van der Waals surface area contributed by atoms with Gasteiger partial charge in [0.05, 0.1) is 27.7 Å². The molecule has 9 nitrogen and oxygen atoms in total. The summed E-state index contributed by atoms with van der Waals surface area (Å²) in [5, 5.41) is 0. The van der Waals surface area contributed by atoms with Crippen LogP contribution >= 0.6 is 7.82 Å². The number of allylic oxidation sites excluding steroid dienone is 30. The van der Waals surface area contributed by atoms with E-state index in [0.29, 0.717) is 17.4 Å². The quantitative estimate of drug-likeness (QED) is 0.0211. The fourth-order valence-corrected chi connectivity index (χ4v) is 10.2. The summed E-state index contributed by atoms with van der Waals surface area (Å²) in [6, 6.07) is 0. The second-order valence-corrected chi connectivity index (χ2v) is 26.3. The number of phosphoric ester groups is 1. The van der Waals surface area contributed by atoms with Crippen LogP contribution in [0, 0.1) is 0 Å². The number of hydrogen-bond donors (Lipinski definition) is 1. The predicted octanol–water partition coefficient (Wildman–Crippen LogP) is 24.3. The van der Waals surface area contributed by atoms with Crippen molar-refractivity contribution < 1.29 is 42.1 Å². The summed E-state index contributed by atoms with van der Waals surface area (Å²) >= 11 is 0. The van der Waals surface area contributed by atoms with E-state index in [1.54, 1.807) is 0 Å². The van der Waals surface area contributed by atoms with Crippen molar-refractivity contribution in [3.05, 3.63) is 182 Å². The highest BCUT2D eigenvalue weighted by Gasteiger charge is 2.27. The molecule has 0 spiro atoms. The van der Waals surface area contributed by atoms with Crippen molar-refractivity contribution in [1.82, 2.24) is 0 Å². The molecule has 92 heavy (non-hydrogen) atoms. The monoisotopic (exact) mass is 1290 g/mol. The number of rotatable bonds is 65. The van der Waals surface area contributed by atoms with Crippen LogP contribution in [-0.2, 0) is 32.7 Å². The summed E-state index contributed by atoms with van der Waals surface area (Å²) in [5.74, 6) is -0.833. The smallest absolute Gasteiger partial charge is 0.462 e. The van der Waals surface area contributed by atoms with Crippen LogP contribution < -0.4 is 0 Å². The van der Waals surface area contributed by atoms with E-state index in [9.17, 15) is 19.0 Å². The van der Waals surface area contributed by atoms with E-state index in [2.05, 4.69) is 196 Å². The first kappa shape index (κ1) is 87.1. The molecule has 1 N–H and O–H groups in total. The molecule has 0 saturated carbocycles. The lowest BCUT2D eigenvalue weighted by Crippen LogP contribution is -2.37. The van der Waals surface area contributed by atoms with Crippen LogP contribution in [0.5, 0.6) is 0 Å². The van der Waals surface area contributed by atoms with Gasteiger partial charge < -0.3 is 18.9 Å². The Labute approximate surface area is 565 Å². The van der Waals surface area contributed by atoms with Crippen molar-refractivity contribution in [3.8, 4) is 0 Å². The summed E-state index contributed by atoms with van der Waals surface area (Å²) in [5.41, 5.74) is 0. The standard InChI is InChI=1S/C82H134NO8P/c1-6-8-10-12-14-16-18-20-22-24-26-28-30-32-34-36-37-38-39-40-41-42-43-44-45-47-48-50-52-54-56-58-60-62-64-66-68-70-72-74-81(84)88-78-80(79-90-92(86,87)89-77-76-83(3,4)5)91-82(85)75-73-71-69-67-65-63-61-59-57-55-53-51-49-46-35-33-31-29-27-25-23-21-19-17-15-13-11-9-7-2/h8-11,14-17,20-23,26-29,32-35,37-38,40-41,49,51,55,57,61,63,80H,6-7,12-13,18-19,24-25,30-31,36,39,42-48,50,52-54,56,58-60,62,64-79H2,1-5H3/p+1/b10-8-,11-9-,16-14-,17-15-,22-20-,23-21-,28-26-,29-27-,34-32-,35-33-,38-37-,41-40-,51-49-,57-55-,63-61-. The van der Waals surface area contributed by atoms with Gasteiger partial charge in [-0.2, -0.15) is 0 Å². The van der Waals surface area contributed by atoms with Crippen molar-refractivity contribution in [1.29, 1.82) is 0 Å². The van der Waals surface area contributed by atoms with Crippen LogP contribution in [0.4, 0.5) is 0 Å². The number of likely N-dealkylation sites (N-methyl/N-ethyl adjacent to an activating group) is 1. The number of nitrogens with zero attached hydrogens (tertiary/aromatic N) is 1. The zero-order chi connectivity index (χ0) is 66.9. The van der Waals surface area contributed by atoms with Gasteiger partial charge in [0.1, 0.15) is 19.8 Å². The van der Waals surface area contributed by atoms with Crippen molar-refractivity contribution in [2.75, 3.05) is 47.5 Å². The Morgan fingerprint density at radius 1 is 0.337 bits per heavy atom. The number of esters is 2. The molecule has 0 fully saturated rings. The van der Waals surface area contributed by atoms with E-state index in [-0.39, 0.29) is 32.0 Å². The Balaban J connectivity index is 4.10. The lowest BCUT2D eigenvalue weighted by atomic mass is 10.0. The number of carbonyl (C=O) groups is 2. The normalized spacial score (nSPS) is 14.2. The lowest BCUT2D eigenvalue weighted by molar-refractivity contribution is -0.870. The van der Waals surface area contributed by atoms with Gasteiger partial charge in [-0.25, -0.2) is 4.57 Å². The summed E-state index contributed by atoms with van der Waals surface area (Å²) in [7, 11) is 1.44. The Bertz CT molecular complexity index is 2210. The molecule has 0 aromatic carbocycles. The first-order valence-electron chi connectivity index (χ1n) is 36.5. The predicted molar refractivity (Wildman–Crippen MR) is 399 cm³/mol. The van der Waals surface area contributed by atoms with E-state index in [1.807, 2.05) is 21.1 Å². The van der Waals surface area contributed by atoms with E-state index in [4.69, 9.17) is 18.5 Å². The minimum atomic E-state index is -4.41. The van der Waals surface area contributed by atoms with Crippen LogP contribution in [0.25, 0.3) is 0 Å². The van der Waals surface area contributed by atoms with Gasteiger partial charge in [-0.05, 0) is 135 Å². The van der Waals surface area contributed by atoms with Gasteiger partial charge in [-0.15, -0.1) is 0 Å². The van der Waals surface area contributed by atoms with Crippen LogP contribution in [-0.4, -0.2) is 74.9 Å². The summed E-state index contributed by atoms with van der Waals surface area (Å²) in [4.78, 5) is 35.9. The number of quaternary nitrogens is 1. The largest absolute Gasteiger partial charge is 0.472 e. The van der Waals surface area contributed by atoms with E-state index in [1.165, 1.54) is 96.3 Å². The number of phosphoric acid groups is 1. The van der Waals surface area contributed by atoms with Gasteiger partial charge in [0.2, 0.25) is 0 Å². The SMILES string of the molecule is CC/C=C\C/C=C\C/C=C\C/C=C\C/C=C\C/C=C\C/C=C\C/C=C\CCCCCCC(=O)OC(COC(=O)CCCCCCCCCCCCCCCCCCC/C=C\C/C=C\C/C=C\C/C=C\C/C=C\C/C=C\C/C=C\CC)COP(=O)(O)OCC[N+](C)(C)C. The number of hydrogen-bond acceptors (Lipinski definition) is 7. The van der Waals surface area contributed by atoms with Gasteiger partial charge in [-0.3, -0.25) is 18.6 Å². The third-order valence-electron chi connectivity index (χ3n) is 14.9. The maximum absolute atomic E-state index is 12.9. The third-order valence-corrected chi connectivity index (χ3v) is 15.9. The molecule has 520 valence electrons. The summed E-state index contributed by atoms with van der Waals surface area (Å²) in [6.07, 6.45) is 109. The second-order valence-electron chi connectivity index (χ2n) is 24.9. The Hall–Kier alpha value is -4.89. The molecule has 0 aliphatic carbocycles. The highest BCUT2D eigenvalue weighted by molar-refractivity contribution is 7.47. The maximum atomic E-state index is 12.9. The molecule has 0 radical (unpaired) electrons. The van der Waals surface area contributed by atoms with E-state index in [0.717, 1.165) is 141 Å². The van der Waals surface area contributed by atoms with Crippen molar-refractivity contribution >= 4 is 19.8 Å². The molecule has 0 bridgehead atoms. The zero-order valence-corrected chi connectivity index (χ0v) is 60.1. The van der Waals surface area contributed by atoms with Gasteiger partial charge in [0.25, 0.3) is 0 Å². The topological polar surface area (TPSA) is 108 Å². The molecular formula is C82H135NO8P+. The maximum Gasteiger partial charge on any atom is 0.472 e. The average Bonchev–Trinajstić information content (AvgIpc) is 2.14. The highest BCUT2D eigenvalue weighted by Crippen LogP contribution is 2.43. The first-order valence-corrected chi connectivity index (χ1v) is 38.0. The Morgan fingerprint density at radius 3 is 0.870 bits per heavy atom. The molecule has 0 rings (SSSR count). The number of carbonyl (C=O) groups excluding carboxylic acids is 2. The molecule has 0 heterocycles. The molecule has 0 aliphatic rings. The first-order chi connectivity index (χ1) is 45.0. The molecule has 0 aromatic rings. The van der Waals surface area contributed by atoms with Gasteiger partial charge >= 0.3 is 19.8 Å². The molecule has 0 saturated heterocycles. The van der Waals surface area contributed by atoms with Crippen LogP contribution in [0.15, 0.2) is 182 Å². The van der Waals surface area contributed by atoms with Crippen molar-refractivity contribution in [2.24, 2.45) is 0 Å². The number of unbranched alkanes of at least 4 members (excludes halogenated alkanes) is 21. The van der Waals surface area contributed by atoms with Gasteiger partial charge in [0.15, 0.2) is 6.10 Å². The minimum absolute atomic E-state index is 0.0178. The third kappa shape index (κ3) is 74.2. The van der Waals surface area contributed by atoms with E-state index >= 15 is 0 Å². The molecular weight excluding hydrogens is 1160 g/mol. The second kappa shape index (κ2) is 70.4. The lowest BCUT2D eigenvalue weighted by Gasteiger charge is -2.24. The molecule has 0 aromatic heterocycles. The van der Waals surface area contributed by atoms with Gasteiger partial charge in [-0.1, -0.05) is 305 Å². The summed E-state index contributed by atoms with van der Waals surface area (Å²) < 4.78 is 34.7. The number of ether oxygens (including phenoxy) is 2. The fraction of sp³-hybridized carbons (Fsp3) is 0.610. The van der Waals surface area contributed by atoms with Gasteiger partial charge in [0, 0.05) is 12.8 Å².